The van der Waals surface area contributed by atoms with Gasteiger partial charge in [-0.2, -0.15) is 0 Å². The minimum absolute atomic E-state index is 0.0282. The van der Waals surface area contributed by atoms with Crippen LogP contribution >= 0.6 is 0 Å². The van der Waals surface area contributed by atoms with Gasteiger partial charge in [0.25, 0.3) is 0 Å². The van der Waals surface area contributed by atoms with Crippen molar-refractivity contribution in [1.29, 1.82) is 0 Å². The fraction of sp³-hybridized carbons (Fsp3) is 0.929. The van der Waals surface area contributed by atoms with Crippen LogP contribution in [-0.4, -0.2) is 45.3 Å². The third-order valence-corrected chi connectivity index (χ3v) is 4.61. The molecule has 0 heterocycles. The van der Waals surface area contributed by atoms with Crippen LogP contribution < -0.4 is 15.4 Å². The van der Waals surface area contributed by atoms with Gasteiger partial charge in [-0.25, -0.2) is 13.1 Å². The number of aliphatic imine (C=N–C) groups is 1. The summed E-state index contributed by atoms with van der Waals surface area (Å²) in [5, 5.41) is 6.35. The number of nitrogens with zero attached hydrogens (tertiary/aromatic N) is 1. The van der Waals surface area contributed by atoms with Gasteiger partial charge in [0.1, 0.15) is 0 Å². The van der Waals surface area contributed by atoms with E-state index in [4.69, 9.17) is 0 Å². The highest BCUT2D eigenvalue weighted by Gasteiger charge is 2.20. The monoisotopic (exact) mass is 318 g/mol. The zero-order valence-corrected chi connectivity index (χ0v) is 14.5. The lowest BCUT2D eigenvalue weighted by Crippen LogP contribution is -2.47. The van der Waals surface area contributed by atoms with Gasteiger partial charge < -0.3 is 10.6 Å². The van der Waals surface area contributed by atoms with Gasteiger partial charge in [-0.1, -0.05) is 6.42 Å². The van der Waals surface area contributed by atoms with Crippen LogP contribution in [0.15, 0.2) is 4.99 Å². The summed E-state index contributed by atoms with van der Waals surface area (Å²) in [7, 11) is -3.22. The smallest absolute Gasteiger partial charge is 0.213 e. The van der Waals surface area contributed by atoms with Crippen molar-refractivity contribution in [2.24, 2.45) is 10.9 Å². The van der Waals surface area contributed by atoms with Crippen LogP contribution in [0.1, 0.15) is 47.0 Å². The molecule has 0 unspecified atom stereocenters. The molecule has 0 aromatic rings. The van der Waals surface area contributed by atoms with Crippen molar-refractivity contribution in [3.05, 3.63) is 0 Å². The molecule has 0 saturated heterocycles. The summed E-state index contributed by atoms with van der Waals surface area (Å²) in [5.74, 6) is 1.21. The van der Waals surface area contributed by atoms with Gasteiger partial charge in [-0.05, 0) is 46.5 Å². The Balaban J connectivity index is 2.40. The predicted molar refractivity (Wildman–Crippen MR) is 88.0 cm³/mol. The summed E-state index contributed by atoms with van der Waals surface area (Å²) in [6.07, 6.45) is 3.50. The molecule has 0 radical (unpaired) electrons. The van der Waals surface area contributed by atoms with Crippen LogP contribution in [0.2, 0.25) is 0 Å². The molecule has 6 nitrogen and oxygen atoms in total. The highest BCUT2D eigenvalue weighted by Crippen LogP contribution is 2.25. The fourth-order valence-electron chi connectivity index (χ4n) is 1.95. The second-order valence-corrected chi connectivity index (χ2v) is 8.53. The predicted octanol–water partition coefficient (Wildman–Crippen LogP) is 1.06. The summed E-state index contributed by atoms with van der Waals surface area (Å²) in [6.45, 7) is 9.67. The number of hydrogen-bond donors (Lipinski definition) is 3. The van der Waals surface area contributed by atoms with Crippen LogP contribution in [0, 0.1) is 5.92 Å². The second-order valence-electron chi connectivity index (χ2n) is 6.60. The first kappa shape index (κ1) is 18.2. The van der Waals surface area contributed by atoms with Gasteiger partial charge in [0.05, 0.1) is 12.3 Å². The van der Waals surface area contributed by atoms with E-state index in [9.17, 15) is 8.42 Å². The van der Waals surface area contributed by atoms with Crippen LogP contribution in [0.4, 0.5) is 0 Å². The molecule has 0 bridgehead atoms. The third kappa shape index (κ3) is 8.26. The van der Waals surface area contributed by atoms with Gasteiger partial charge in [0.15, 0.2) is 5.96 Å². The quantitative estimate of drug-likeness (QED) is 0.484. The molecule has 0 aromatic carbocycles. The Labute approximate surface area is 129 Å². The highest BCUT2D eigenvalue weighted by atomic mass is 32.2. The minimum Gasteiger partial charge on any atom is -0.357 e. The SMILES string of the molecule is CCNC(=NCCS(=O)(=O)NCC1CCC1)NC(C)(C)C. The summed E-state index contributed by atoms with van der Waals surface area (Å²) in [5.41, 5.74) is -0.109. The van der Waals surface area contributed by atoms with Crippen LogP contribution in [0.5, 0.6) is 0 Å². The maximum atomic E-state index is 11.9. The van der Waals surface area contributed by atoms with Crippen molar-refractivity contribution >= 4 is 16.0 Å². The van der Waals surface area contributed by atoms with Gasteiger partial charge >= 0.3 is 0 Å². The zero-order chi connectivity index (χ0) is 15.9. The largest absolute Gasteiger partial charge is 0.357 e. The van der Waals surface area contributed by atoms with E-state index in [1.807, 2.05) is 27.7 Å². The van der Waals surface area contributed by atoms with Gasteiger partial charge in [-0.3, -0.25) is 4.99 Å². The lowest BCUT2D eigenvalue weighted by atomic mass is 9.86. The molecule has 0 spiro atoms. The number of guanidine groups is 1. The summed E-state index contributed by atoms with van der Waals surface area (Å²) >= 11 is 0. The molecule has 1 aliphatic carbocycles. The molecule has 1 saturated carbocycles. The lowest BCUT2D eigenvalue weighted by Gasteiger charge is -2.25. The van der Waals surface area contributed by atoms with Crippen molar-refractivity contribution in [1.82, 2.24) is 15.4 Å². The molecule has 0 atom stereocenters. The van der Waals surface area contributed by atoms with E-state index in [-0.39, 0.29) is 17.8 Å². The van der Waals surface area contributed by atoms with E-state index >= 15 is 0 Å². The topological polar surface area (TPSA) is 82.6 Å². The Bertz CT molecular complexity index is 436. The maximum absolute atomic E-state index is 11.9. The van der Waals surface area contributed by atoms with Gasteiger partial charge in [0.2, 0.25) is 10.0 Å². The minimum atomic E-state index is -3.22. The number of nitrogens with one attached hydrogen (secondary N) is 3. The van der Waals surface area contributed by atoms with Crippen LogP contribution in [0.25, 0.3) is 0 Å². The molecule has 3 N–H and O–H groups in total. The Morgan fingerprint density at radius 1 is 1.29 bits per heavy atom. The molecule has 1 rings (SSSR count). The number of rotatable bonds is 7. The lowest BCUT2D eigenvalue weighted by molar-refractivity contribution is 0.316. The highest BCUT2D eigenvalue weighted by molar-refractivity contribution is 7.89. The first-order valence-corrected chi connectivity index (χ1v) is 9.41. The first-order chi connectivity index (χ1) is 9.72. The average molecular weight is 318 g/mol. The normalized spacial score (nSPS) is 17.4. The van der Waals surface area contributed by atoms with E-state index in [1.54, 1.807) is 0 Å². The van der Waals surface area contributed by atoms with E-state index in [2.05, 4.69) is 20.3 Å². The van der Waals surface area contributed by atoms with E-state index in [0.29, 0.717) is 18.4 Å². The van der Waals surface area contributed by atoms with Crippen molar-refractivity contribution in [2.45, 2.75) is 52.5 Å². The molecule has 1 aliphatic rings. The second kappa shape index (κ2) is 7.98. The Kier molecular flexibility index (Phi) is 6.93. The molecule has 124 valence electrons. The van der Waals surface area contributed by atoms with Crippen molar-refractivity contribution in [3.63, 3.8) is 0 Å². The molecular formula is C14H30N4O2S. The molecule has 0 aromatic heterocycles. The van der Waals surface area contributed by atoms with Crippen molar-refractivity contribution < 1.29 is 8.42 Å². The fourth-order valence-corrected chi connectivity index (χ4v) is 2.92. The average Bonchev–Trinajstić information content (AvgIpc) is 2.24. The Morgan fingerprint density at radius 2 is 1.95 bits per heavy atom. The Hall–Kier alpha value is -0.820. The zero-order valence-electron chi connectivity index (χ0n) is 13.7. The van der Waals surface area contributed by atoms with Crippen LogP contribution in [0.3, 0.4) is 0 Å². The third-order valence-electron chi connectivity index (χ3n) is 3.28. The molecule has 1 fully saturated rings. The standard InChI is InChI=1S/C14H30N4O2S/c1-5-15-13(18-14(2,3)4)16-9-10-21(19,20)17-11-12-7-6-8-12/h12,17H,5-11H2,1-4H3,(H2,15,16,18). The molecule has 21 heavy (non-hydrogen) atoms. The van der Waals surface area contributed by atoms with Gasteiger partial charge in [-0.15, -0.1) is 0 Å². The summed E-state index contributed by atoms with van der Waals surface area (Å²) in [6, 6.07) is 0. The van der Waals surface area contributed by atoms with E-state index in [0.717, 1.165) is 19.4 Å². The van der Waals surface area contributed by atoms with E-state index < -0.39 is 10.0 Å². The van der Waals surface area contributed by atoms with Crippen LogP contribution in [-0.2, 0) is 10.0 Å². The summed E-state index contributed by atoms with van der Waals surface area (Å²) in [4.78, 5) is 4.32. The molecule has 7 heteroatoms. The molecule has 0 aliphatic heterocycles. The van der Waals surface area contributed by atoms with Crippen molar-refractivity contribution in [3.8, 4) is 0 Å². The summed E-state index contributed by atoms with van der Waals surface area (Å²) < 4.78 is 26.4. The first-order valence-electron chi connectivity index (χ1n) is 7.75. The van der Waals surface area contributed by atoms with Gasteiger partial charge in [0, 0.05) is 18.6 Å². The van der Waals surface area contributed by atoms with E-state index in [1.165, 1.54) is 6.42 Å². The Morgan fingerprint density at radius 3 is 2.43 bits per heavy atom. The maximum Gasteiger partial charge on any atom is 0.213 e. The number of sulfonamides is 1. The molecule has 0 amide bonds. The number of hydrogen-bond acceptors (Lipinski definition) is 3. The molecular weight excluding hydrogens is 288 g/mol. The van der Waals surface area contributed by atoms with Crippen molar-refractivity contribution in [2.75, 3.05) is 25.4 Å².